The van der Waals surface area contributed by atoms with Gasteiger partial charge in [0.25, 0.3) is 11.8 Å². The lowest BCUT2D eigenvalue weighted by molar-refractivity contribution is 0.102. The summed E-state index contributed by atoms with van der Waals surface area (Å²) in [6.45, 7) is 0. The van der Waals surface area contributed by atoms with E-state index in [1.807, 2.05) is 66.7 Å². The molecule has 164 valence electrons. The number of para-hydroxylation sites is 2. The van der Waals surface area contributed by atoms with Crippen molar-refractivity contribution in [1.29, 1.82) is 0 Å². The molecule has 0 saturated carbocycles. The monoisotopic (exact) mass is 454 g/mol. The third-order valence-electron chi connectivity index (χ3n) is 4.79. The molecule has 0 radical (unpaired) electrons. The molecule has 33 heavy (non-hydrogen) atoms. The lowest BCUT2D eigenvalue weighted by Gasteiger charge is -2.14. The van der Waals surface area contributed by atoms with Crippen molar-refractivity contribution in [3.63, 3.8) is 0 Å². The first kappa shape index (κ1) is 22.1. The average Bonchev–Trinajstić information content (AvgIpc) is 2.84. The number of thioether (sulfide) groups is 1. The number of aromatic nitrogens is 1. The van der Waals surface area contributed by atoms with Gasteiger partial charge in [-0.3, -0.25) is 9.59 Å². The number of nitrogens with two attached hydrogens (primary N) is 1. The predicted molar refractivity (Wildman–Crippen MR) is 133 cm³/mol. The third kappa shape index (κ3) is 5.78. The summed E-state index contributed by atoms with van der Waals surface area (Å²) in [6, 6.07) is 29.5. The number of pyridine rings is 1. The Morgan fingerprint density at radius 2 is 1.21 bits per heavy atom. The molecule has 0 spiro atoms. The Hall–Kier alpha value is -4.10. The van der Waals surface area contributed by atoms with Gasteiger partial charge in [-0.15, -0.1) is 11.8 Å². The SMILES string of the molecule is Nc1nc(SCc2ccccc2)c(C(=O)Nc2ccccc2)cc1C(=O)Nc1ccccc1. The first-order valence-electron chi connectivity index (χ1n) is 10.3. The summed E-state index contributed by atoms with van der Waals surface area (Å²) < 4.78 is 0. The molecule has 1 heterocycles. The molecule has 4 aromatic rings. The van der Waals surface area contributed by atoms with Crippen LogP contribution in [0.2, 0.25) is 0 Å². The van der Waals surface area contributed by atoms with Gasteiger partial charge < -0.3 is 16.4 Å². The highest BCUT2D eigenvalue weighted by molar-refractivity contribution is 7.98. The van der Waals surface area contributed by atoms with Gasteiger partial charge in [-0.1, -0.05) is 66.7 Å². The average molecular weight is 455 g/mol. The number of amides is 2. The van der Waals surface area contributed by atoms with Crippen LogP contribution in [0.1, 0.15) is 26.3 Å². The summed E-state index contributed by atoms with van der Waals surface area (Å²) in [6.07, 6.45) is 0. The number of carbonyl (C=O) groups excluding carboxylic acids is 2. The Labute approximate surface area is 196 Å². The summed E-state index contributed by atoms with van der Waals surface area (Å²) in [5.41, 5.74) is 8.93. The van der Waals surface area contributed by atoms with Gasteiger partial charge in [-0.2, -0.15) is 0 Å². The molecule has 7 heteroatoms. The van der Waals surface area contributed by atoms with Crippen molar-refractivity contribution < 1.29 is 9.59 Å². The Morgan fingerprint density at radius 3 is 1.76 bits per heavy atom. The van der Waals surface area contributed by atoms with E-state index in [-0.39, 0.29) is 22.9 Å². The third-order valence-corrected chi connectivity index (χ3v) is 5.85. The zero-order valence-electron chi connectivity index (χ0n) is 17.7. The number of rotatable bonds is 7. The van der Waals surface area contributed by atoms with Gasteiger partial charge in [-0.25, -0.2) is 4.98 Å². The van der Waals surface area contributed by atoms with Crippen LogP contribution >= 0.6 is 11.8 Å². The van der Waals surface area contributed by atoms with Crippen molar-refractivity contribution in [2.75, 3.05) is 16.4 Å². The minimum absolute atomic E-state index is 0.0650. The maximum absolute atomic E-state index is 13.2. The van der Waals surface area contributed by atoms with Gasteiger partial charge in [0.1, 0.15) is 10.8 Å². The molecular weight excluding hydrogens is 432 g/mol. The minimum Gasteiger partial charge on any atom is -0.383 e. The molecule has 4 rings (SSSR count). The molecule has 0 aliphatic carbocycles. The molecule has 4 N–H and O–H groups in total. The fourth-order valence-electron chi connectivity index (χ4n) is 3.13. The van der Waals surface area contributed by atoms with E-state index in [4.69, 9.17) is 5.73 Å². The maximum Gasteiger partial charge on any atom is 0.259 e. The van der Waals surface area contributed by atoms with Crippen molar-refractivity contribution >= 4 is 40.8 Å². The summed E-state index contributed by atoms with van der Waals surface area (Å²) in [7, 11) is 0. The second-order valence-corrected chi connectivity index (χ2v) is 8.15. The molecule has 0 aliphatic rings. The standard InChI is InChI=1S/C26H22N4O2S/c27-23-21(24(31)28-19-12-6-2-7-13-19)16-22(25(32)29-20-14-8-3-9-15-20)26(30-23)33-17-18-10-4-1-5-11-18/h1-16H,17H2,(H2,27,30)(H,28,31)(H,29,32). The van der Waals surface area contributed by atoms with Crippen LogP contribution < -0.4 is 16.4 Å². The lowest BCUT2D eigenvalue weighted by atomic mass is 10.1. The summed E-state index contributed by atoms with van der Waals surface area (Å²) in [4.78, 5) is 30.5. The smallest absolute Gasteiger partial charge is 0.259 e. The zero-order valence-corrected chi connectivity index (χ0v) is 18.5. The van der Waals surface area contributed by atoms with Crippen molar-refractivity contribution in [2.24, 2.45) is 0 Å². The van der Waals surface area contributed by atoms with Gasteiger partial charge in [0.15, 0.2) is 0 Å². The molecular formula is C26H22N4O2S. The molecule has 6 nitrogen and oxygen atoms in total. The van der Waals surface area contributed by atoms with Crippen molar-refractivity contribution in [3.8, 4) is 0 Å². The van der Waals surface area contributed by atoms with Crippen LogP contribution in [-0.4, -0.2) is 16.8 Å². The van der Waals surface area contributed by atoms with E-state index >= 15 is 0 Å². The molecule has 0 aliphatic heterocycles. The van der Waals surface area contributed by atoms with E-state index < -0.39 is 5.91 Å². The molecule has 0 unspecified atom stereocenters. The highest BCUT2D eigenvalue weighted by Crippen LogP contribution is 2.29. The van der Waals surface area contributed by atoms with E-state index in [1.165, 1.54) is 17.8 Å². The Kier molecular flexibility index (Phi) is 7.02. The van der Waals surface area contributed by atoms with E-state index in [2.05, 4.69) is 15.6 Å². The van der Waals surface area contributed by atoms with E-state index in [0.29, 0.717) is 22.2 Å². The topological polar surface area (TPSA) is 97.1 Å². The minimum atomic E-state index is -0.431. The normalized spacial score (nSPS) is 10.4. The van der Waals surface area contributed by atoms with E-state index in [9.17, 15) is 9.59 Å². The number of nitrogen functional groups attached to an aromatic ring is 1. The predicted octanol–water partition coefficient (Wildman–Crippen LogP) is 5.46. The van der Waals surface area contributed by atoms with Gasteiger partial charge in [0.05, 0.1) is 11.1 Å². The van der Waals surface area contributed by atoms with Crippen molar-refractivity contribution in [1.82, 2.24) is 4.98 Å². The summed E-state index contributed by atoms with van der Waals surface area (Å²) in [5, 5.41) is 6.12. The highest BCUT2D eigenvalue weighted by Gasteiger charge is 2.21. The number of hydrogen-bond acceptors (Lipinski definition) is 5. The van der Waals surface area contributed by atoms with Crippen LogP contribution in [0.25, 0.3) is 0 Å². The molecule has 3 aromatic carbocycles. The molecule has 0 bridgehead atoms. The molecule has 0 saturated heterocycles. The van der Waals surface area contributed by atoms with Crippen LogP contribution in [0.4, 0.5) is 17.2 Å². The maximum atomic E-state index is 13.2. The van der Waals surface area contributed by atoms with E-state index in [0.717, 1.165) is 5.56 Å². The first-order chi connectivity index (χ1) is 16.1. The van der Waals surface area contributed by atoms with Gasteiger partial charge in [-0.05, 0) is 35.9 Å². The fraction of sp³-hybridized carbons (Fsp3) is 0.0385. The Balaban J connectivity index is 1.65. The molecule has 0 fully saturated rings. The van der Waals surface area contributed by atoms with Crippen LogP contribution in [0.5, 0.6) is 0 Å². The van der Waals surface area contributed by atoms with Crippen molar-refractivity contribution in [3.05, 3.63) is 114 Å². The zero-order chi connectivity index (χ0) is 23.0. The number of carbonyl (C=O) groups is 2. The van der Waals surface area contributed by atoms with Crippen LogP contribution in [0, 0.1) is 0 Å². The van der Waals surface area contributed by atoms with Crippen LogP contribution in [-0.2, 0) is 5.75 Å². The van der Waals surface area contributed by atoms with Crippen LogP contribution in [0.3, 0.4) is 0 Å². The summed E-state index contributed by atoms with van der Waals surface area (Å²) >= 11 is 1.39. The summed E-state index contributed by atoms with van der Waals surface area (Å²) in [5.74, 6) is -0.123. The van der Waals surface area contributed by atoms with E-state index in [1.54, 1.807) is 24.3 Å². The number of nitrogens with zero attached hydrogens (tertiary/aromatic N) is 1. The number of anilines is 3. The Morgan fingerprint density at radius 1 is 0.727 bits per heavy atom. The largest absolute Gasteiger partial charge is 0.383 e. The second kappa shape index (κ2) is 10.5. The van der Waals surface area contributed by atoms with Gasteiger partial charge in [0.2, 0.25) is 0 Å². The quantitative estimate of drug-likeness (QED) is 0.322. The van der Waals surface area contributed by atoms with Gasteiger partial charge >= 0.3 is 0 Å². The number of benzene rings is 3. The van der Waals surface area contributed by atoms with Crippen molar-refractivity contribution in [2.45, 2.75) is 10.8 Å². The molecule has 1 aromatic heterocycles. The van der Waals surface area contributed by atoms with Gasteiger partial charge in [0, 0.05) is 17.1 Å². The number of nitrogens with one attached hydrogen (secondary N) is 2. The Bertz CT molecular complexity index is 1250. The highest BCUT2D eigenvalue weighted by atomic mass is 32.2. The second-order valence-electron chi connectivity index (χ2n) is 7.19. The fourth-order valence-corrected chi connectivity index (χ4v) is 4.10. The first-order valence-corrected chi connectivity index (χ1v) is 11.3. The lowest BCUT2D eigenvalue weighted by Crippen LogP contribution is -2.19. The van der Waals surface area contributed by atoms with Crippen LogP contribution in [0.15, 0.2) is 102 Å². The number of hydrogen-bond donors (Lipinski definition) is 3. The molecule has 2 amide bonds. The molecule has 0 atom stereocenters.